The molecule has 0 aliphatic carbocycles. The van der Waals surface area contributed by atoms with Gasteiger partial charge in [0, 0.05) is 18.7 Å². The fraction of sp³-hybridized carbons (Fsp3) is 0.385. The lowest BCUT2D eigenvalue weighted by Gasteiger charge is -2.36. The normalized spacial score (nSPS) is 15.9. The highest BCUT2D eigenvalue weighted by Crippen LogP contribution is 2.15. The number of para-hydroxylation sites is 1. The van der Waals surface area contributed by atoms with Gasteiger partial charge in [0.25, 0.3) is 5.91 Å². The van der Waals surface area contributed by atoms with Crippen LogP contribution in [0.1, 0.15) is 37.0 Å². The van der Waals surface area contributed by atoms with Crippen LogP contribution in [0.25, 0.3) is 0 Å². The van der Waals surface area contributed by atoms with Crippen molar-refractivity contribution in [1.82, 2.24) is 15.5 Å². The molecule has 2 aromatic carbocycles. The van der Waals surface area contributed by atoms with Crippen molar-refractivity contribution in [3.63, 3.8) is 0 Å². The van der Waals surface area contributed by atoms with Crippen LogP contribution in [0.2, 0.25) is 0 Å². The Kier molecular flexibility index (Phi) is 10.1. The van der Waals surface area contributed by atoms with Crippen LogP contribution in [0.5, 0.6) is 11.5 Å². The van der Waals surface area contributed by atoms with Gasteiger partial charge in [-0.25, -0.2) is 0 Å². The Labute approximate surface area is 216 Å². The molecule has 1 fully saturated rings. The minimum absolute atomic E-state index is 0.0783. The number of nitrogens with zero attached hydrogens (tertiary/aromatic N) is 1. The van der Waals surface area contributed by atoms with Crippen LogP contribution in [0.15, 0.2) is 54.6 Å². The molecule has 36 heavy (non-hydrogen) atoms. The van der Waals surface area contributed by atoms with Crippen molar-refractivity contribution in [1.29, 1.82) is 0 Å². The van der Waals surface area contributed by atoms with Crippen LogP contribution in [0.3, 0.4) is 0 Å². The Bertz CT molecular complexity index is 1050. The fourth-order valence-corrected chi connectivity index (χ4v) is 3.77. The number of hydrogen-bond acceptors (Lipinski definition) is 7. The number of carbonyl (C=O) groups excluding carboxylic acids is 3. The number of benzene rings is 2. The number of rotatable bonds is 10. The number of amides is 2. The number of hydrogen-bond donors (Lipinski definition) is 2. The molecule has 2 aromatic rings. The van der Waals surface area contributed by atoms with Crippen LogP contribution >= 0.6 is 12.2 Å². The molecule has 1 aliphatic rings. The monoisotopic (exact) mass is 513 g/mol. The Morgan fingerprint density at radius 3 is 2.36 bits per heavy atom. The van der Waals surface area contributed by atoms with E-state index in [1.54, 1.807) is 36.1 Å². The molecule has 0 radical (unpaired) electrons. The number of nitrogens with one attached hydrogen (secondary N) is 2. The summed E-state index contributed by atoms with van der Waals surface area (Å²) in [6.45, 7) is 5.14. The maximum absolute atomic E-state index is 12.7. The van der Waals surface area contributed by atoms with E-state index >= 15 is 0 Å². The average molecular weight is 514 g/mol. The molecule has 3 rings (SSSR count). The topological polar surface area (TPSA) is 106 Å². The number of ether oxygens (including phenoxy) is 3. The van der Waals surface area contributed by atoms with Gasteiger partial charge in [-0.05, 0) is 62.0 Å². The molecular weight excluding hydrogens is 482 g/mol. The highest BCUT2D eigenvalue weighted by Gasteiger charge is 2.34. The minimum atomic E-state index is -0.850. The number of esters is 1. The Morgan fingerprint density at radius 1 is 1.08 bits per heavy atom. The third-order valence-corrected chi connectivity index (χ3v) is 5.90. The fourth-order valence-electron chi connectivity index (χ4n) is 3.45. The van der Waals surface area contributed by atoms with Gasteiger partial charge in [0.15, 0.2) is 5.11 Å². The van der Waals surface area contributed by atoms with Gasteiger partial charge in [-0.2, -0.15) is 0 Å². The molecule has 1 saturated heterocycles. The van der Waals surface area contributed by atoms with Crippen LogP contribution in [-0.4, -0.2) is 66.2 Å². The Hall–Kier alpha value is -3.66. The summed E-state index contributed by atoms with van der Waals surface area (Å²) in [7, 11) is 0. The van der Waals surface area contributed by atoms with E-state index in [0.717, 1.165) is 5.75 Å². The van der Waals surface area contributed by atoms with E-state index in [2.05, 4.69) is 10.6 Å². The van der Waals surface area contributed by atoms with Crippen LogP contribution in [0, 0.1) is 0 Å². The van der Waals surface area contributed by atoms with E-state index in [0.29, 0.717) is 44.0 Å². The molecule has 1 aliphatic heterocycles. The first kappa shape index (κ1) is 26.9. The summed E-state index contributed by atoms with van der Waals surface area (Å²) in [6.07, 6.45) is 0.269. The van der Waals surface area contributed by atoms with Crippen molar-refractivity contribution >= 4 is 35.1 Å². The number of thiocarbonyl (C=S) groups is 1. The summed E-state index contributed by atoms with van der Waals surface area (Å²) in [4.78, 5) is 39.0. The molecule has 9 nitrogen and oxygen atoms in total. The van der Waals surface area contributed by atoms with E-state index < -0.39 is 17.9 Å². The molecule has 10 heteroatoms. The van der Waals surface area contributed by atoms with Gasteiger partial charge >= 0.3 is 5.97 Å². The summed E-state index contributed by atoms with van der Waals surface area (Å²) in [5, 5.41) is 5.46. The Morgan fingerprint density at radius 2 is 1.72 bits per heavy atom. The first-order valence-corrected chi connectivity index (χ1v) is 12.3. The lowest BCUT2D eigenvalue weighted by Crippen LogP contribution is -2.60. The van der Waals surface area contributed by atoms with Gasteiger partial charge in [-0.15, -0.1) is 0 Å². The molecule has 0 saturated carbocycles. The molecule has 1 heterocycles. The number of piperazine rings is 1. The van der Waals surface area contributed by atoms with Crippen molar-refractivity contribution in [3.8, 4) is 11.5 Å². The molecule has 2 amide bonds. The SMILES string of the molecule is CCC(C)OC(=O)CC1C(=O)NCCN1C(=S)NC(=O)c1ccc(OCCOc2ccccc2)cc1. The lowest BCUT2D eigenvalue weighted by molar-refractivity contribution is -0.151. The highest BCUT2D eigenvalue weighted by molar-refractivity contribution is 7.80. The summed E-state index contributed by atoms with van der Waals surface area (Å²) in [5.41, 5.74) is 0.374. The quantitative estimate of drug-likeness (QED) is 0.284. The van der Waals surface area contributed by atoms with Crippen LogP contribution in [-0.2, 0) is 14.3 Å². The van der Waals surface area contributed by atoms with Crippen LogP contribution < -0.4 is 20.1 Å². The van der Waals surface area contributed by atoms with Gasteiger partial charge in [0.1, 0.15) is 30.8 Å². The van der Waals surface area contributed by atoms with Crippen LogP contribution in [0.4, 0.5) is 0 Å². The van der Waals surface area contributed by atoms with E-state index in [1.807, 2.05) is 37.3 Å². The summed E-state index contributed by atoms with van der Waals surface area (Å²) >= 11 is 5.40. The first-order valence-electron chi connectivity index (χ1n) is 11.9. The maximum Gasteiger partial charge on any atom is 0.308 e. The van der Waals surface area contributed by atoms with Crippen molar-refractivity contribution < 1.29 is 28.6 Å². The molecule has 0 bridgehead atoms. The van der Waals surface area contributed by atoms with E-state index in [-0.39, 0.29) is 23.5 Å². The summed E-state index contributed by atoms with van der Waals surface area (Å²) in [5.74, 6) is 0.112. The zero-order chi connectivity index (χ0) is 25.9. The smallest absolute Gasteiger partial charge is 0.308 e. The molecule has 0 aromatic heterocycles. The highest BCUT2D eigenvalue weighted by atomic mass is 32.1. The molecule has 2 atom stereocenters. The Balaban J connectivity index is 1.50. The third kappa shape index (κ3) is 7.94. The van der Waals surface area contributed by atoms with Crippen molar-refractivity contribution in [2.24, 2.45) is 0 Å². The zero-order valence-electron chi connectivity index (χ0n) is 20.4. The van der Waals surface area contributed by atoms with E-state index in [9.17, 15) is 14.4 Å². The number of carbonyl (C=O) groups is 3. The third-order valence-electron chi connectivity index (χ3n) is 5.56. The molecule has 192 valence electrons. The standard InChI is InChI=1S/C26H31N3O6S/c1-3-18(2)35-23(30)17-22-25(32)27-13-14-29(22)26(36)28-24(31)19-9-11-21(12-10-19)34-16-15-33-20-7-5-4-6-8-20/h4-12,18,22H,3,13-17H2,1-2H3,(H,27,32)(H,28,31,36). The predicted molar refractivity (Wildman–Crippen MR) is 138 cm³/mol. The van der Waals surface area contributed by atoms with Gasteiger partial charge in [-0.3, -0.25) is 19.7 Å². The molecule has 2 unspecified atom stereocenters. The largest absolute Gasteiger partial charge is 0.490 e. The van der Waals surface area contributed by atoms with Gasteiger partial charge < -0.3 is 24.4 Å². The zero-order valence-corrected chi connectivity index (χ0v) is 21.2. The van der Waals surface area contributed by atoms with Crippen molar-refractivity contribution in [2.45, 2.75) is 38.8 Å². The van der Waals surface area contributed by atoms with Crippen molar-refractivity contribution in [3.05, 3.63) is 60.2 Å². The van der Waals surface area contributed by atoms with E-state index in [1.165, 1.54) is 0 Å². The molecule has 0 spiro atoms. The maximum atomic E-state index is 12.7. The second kappa shape index (κ2) is 13.4. The molecular formula is C26H31N3O6S. The predicted octanol–water partition coefficient (Wildman–Crippen LogP) is 2.69. The summed E-state index contributed by atoms with van der Waals surface area (Å²) < 4.78 is 16.6. The summed E-state index contributed by atoms with van der Waals surface area (Å²) in [6, 6.07) is 15.2. The second-order valence-corrected chi connectivity index (χ2v) is 8.59. The van der Waals surface area contributed by atoms with Crippen molar-refractivity contribution in [2.75, 3.05) is 26.3 Å². The average Bonchev–Trinajstić information content (AvgIpc) is 2.88. The van der Waals surface area contributed by atoms with Gasteiger partial charge in [0.2, 0.25) is 5.91 Å². The molecule has 2 N–H and O–H groups in total. The lowest BCUT2D eigenvalue weighted by atomic mass is 10.1. The van der Waals surface area contributed by atoms with Gasteiger partial charge in [-0.1, -0.05) is 25.1 Å². The minimum Gasteiger partial charge on any atom is -0.490 e. The van der Waals surface area contributed by atoms with Gasteiger partial charge in [0.05, 0.1) is 12.5 Å². The second-order valence-electron chi connectivity index (χ2n) is 8.21. The van der Waals surface area contributed by atoms with E-state index in [4.69, 9.17) is 26.4 Å². The first-order chi connectivity index (χ1) is 17.4.